The van der Waals surface area contributed by atoms with Crippen LogP contribution in [0.4, 0.5) is 10.2 Å². The standard InChI is InChI=1S/C27H33FN4O2/c1-18(2)16-31(26(34)20-12-8-9-13-21(20)28)17-25(33)29-24-15-23(27(4,5)6)30-32(24)22-14-10-7-11-19(22)3/h7-15,18H,16-17H2,1-6H3,(H,29,33). The first kappa shape index (κ1) is 25.1. The predicted octanol–water partition coefficient (Wildman–Crippen LogP) is 5.35. The van der Waals surface area contributed by atoms with Crippen LogP contribution in [0.15, 0.2) is 54.6 Å². The monoisotopic (exact) mass is 464 g/mol. The number of hydrogen-bond donors (Lipinski definition) is 1. The Hall–Kier alpha value is -3.48. The fourth-order valence-corrected chi connectivity index (χ4v) is 3.64. The van der Waals surface area contributed by atoms with Crippen molar-refractivity contribution in [1.29, 1.82) is 0 Å². The van der Waals surface area contributed by atoms with Crippen molar-refractivity contribution in [3.05, 3.63) is 77.2 Å². The Kier molecular flexibility index (Phi) is 7.54. The molecule has 0 saturated heterocycles. The summed E-state index contributed by atoms with van der Waals surface area (Å²) in [6, 6.07) is 15.5. The Labute approximate surface area is 200 Å². The number of rotatable bonds is 7. The average Bonchev–Trinajstić information content (AvgIpc) is 3.17. The first-order chi connectivity index (χ1) is 16.0. The second-order valence-corrected chi connectivity index (χ2v) is 9.97. The SMILES string of the molecule is Cc1ccccc1-n1nc(C(C)(C)C)cc1NC(=O)CN(CC(C)C)C(=O)c1ccccc1F. The zero-order valence-electron chi connectivity index (χ0n) is 20.7. The summed E-state index contributed by atoms with van der Waals surface area (Å²) in [6.45, 7) is 12.2. The molecule has 0 aliphatic heterocycles. The van der Waals surface area contributed by atoms with Crippen LogP contribution in [-0.4, -0.2) is 39.6 Å². The van der Waals surface area contributed by atoms with Gasteiger partial charge in [0.2, 0.25) is 5.91 Å². The summed E-state index contributed by atoms with van der Waals surface area (Å²) in [5.74, 6) is -0.861. The first-order valence-corrected chi connectivity index (χ1v) is 11.5. The third-order valence-corrected chi connectivity index (χ3v) is 5.40. The number of hydrogen-bond acceptors (Lipinski definition) is 3. The highest BCUT2D eigenvalue weighted by Crippen LogP contribution is 2.27. The molecule has 3 rings (SSSR count). The number of nitrogens with zero attached hydrogens (tertiary/aromatic N) is 3. The minimum Gasteiger partial charge on any atom is -0.329 e. The highest BCUT2D eigenvalue weighted by Gasteiger charge is 2.25. The molecule has 1 heterocycles. The van der Waals surface area contributed by atoms with E-state index in [-0.39, 0.29) is 29.3 Å². The molecule has 2 aromatic carbocycles. The Balaban J connectivity index is 1.90. The molecule has 0 atom stereocenters. The van der Waals surface area contributed by atoms with Gasteiger partial charge < -0.3 is 10.2 Å². The van der Waals surface area contributed by atoms with Crippen molar-refractivity contribution < 1.29 is 14.0 Å². The average molecular weight is 465 g/mol. The maximum Gasteiger partial charge on any atom is 0.257 e. The van der Waals surface area contributed by atoms with Gasteiger partial charge in [0.15, 0.2) is 0 Å². The molecule has 0 aliphatic carbocycles. The van der Waals surface area contributed by atoms with E-state index < -0.39 is 11.7 Å². The van der Waals surface area contributed by atoms with Crippen LogP contribution in [0.5, 0.6) is 0 Å². The van der Waals surface area contributed by atoms with Gasteiger partial charge in [-0.15, -0.1) is 0 Å². The molecule has 0 spiro atoms. The number of aromatic nitrogens is 2. The third-order valence-electron chi connectivity index (χ3n) is 5.40. The number of amides is 2. The lowest BCUT2D eigenvalue weighted by atomic mass is 9.92. The van der Waals surface area contributed by atoms with Crippen molar-refractivity contribution in [2.45, 2.75) is 47.0 Å². The van der Waals surface area contributed by atoms with Crippen LogP contribution in [0.25, 0.3) is 5.69 Å². The van der Waals surface area contributed by atoms with E-state index in [9.17, 15) is 14.0 Å². The van der Waals surface area contributed by atoms with E-state index in [1.54, 1.807) is 10.7 Å². The van der Waals surface area contributed by atoms with Crippen molar-refractivity contribution in [3.63, 3.8) is 0 Å². The van der Waals surface area contributed by atoms with Gasteiger partial charge in [-0.2, -0.15) is 5.10 Å². The minimum absolute atomic E-state index is 0.0454. The van der Waals surface area contributed by atoms with Crippen LogP contribution >= 0.6 is 0 Å². The van der Waals surface area contributed by atoms with E-state index in [1.165, 1.54) is 23.1 Å². The minimum atomic E-state index is -0.603. The molecule has 0 aliphatic rings. The molecule has 0 unspecified atom stereocenters. The van der Waals surface area contributed by atoms with E-state index in [2.05, 4.69) is 26.1 Å². The summed E-state index contributed by atoms with van der Waals surface area (Å²) in [7, 11) is 0. The zero-order valence-corrected chi connectivity index (χ0v) is 20.7. The fraction of sp³-hybridized carbons (Fsp3) is 0.370. The van der Waals surface area contributed by atoms with Crippen LogP contribution in [0.1, 0.15) is 56.2 Å². The molecule has 3 aromatic rings. The van der Waals surface area contributed by atoms with Crippen molar-refractivity contribution in [2.24, 2.45) is 5.92 Å². The summed E-state index contributed by atoms with van der Waals surface area (Å²) < 4.78 is 16.0. The van der Waals surface area contributed by atoms with Crippen LogP contribution in [0, 0.1) is 18.7 Å². The first-order valence-electron chi connectivity index (χ1n) is 11.5. The van der Waals surface area contributed by atoms with Crippen molar-refractivity contribution in [2.75, 3.05) is 18.4 Å². The second-order valence-electron chi connectivity index (χ2n) is 9.97. The molecule has 34 heavy (non-hydrogen) atoms. The van der Waals surface area contributed by atoms with Gasteiger partial charge in [0.05, 0.1) is 16.9 Å². The van der Waals surface area contributed by atoms with E-state index in [0.717, 1.165) is 16.9 Å². The van der Waals surface area contributed by atoms with Gasteiger partial charge in [0, 0.05) is 18.0 Å². The number of para-hydroxylation sites is 1. The lowest BCUT2D eigenvalue weighted by Gasteiger charge is -2.24. The van der Waals surface area contributed by atoms with Crippen molar-refractivity contribution >= 4 is 17.6 Å². The van der Waals surface area contributed by atoms with E-state index in [0.29, 0.717) is 12.4 Å². The quantitative estimate of drug-likeness (QED) is 0.512. The Bertz CT molecular complexity index is 1180. The van der Waals surface area contributed by atoms with Gasteiger partial charge >= 0.3 is 0 Å². The largest absolute Gasteiger partial charge is 0.329 e. The molecule has 1 N–H and O–H groups in total. The molecule has 1 aromatic heterocycles. The molecule has 6 nitrogen and oxygen atoms in total. The Morgan fingerprint density at radius 1 is 1.09 bits per heavy atom. The third kappa shape index (κ3) is 5.90. The summed E-state index contributed by atoms with van der Waals surface area (Å²) in [6.07, 6.45) is 0. The number of aryl methyl sites for hydroxylation is 1. The normalized spacial score (nSPS) is 11.5. The number of nitrogens with one attached hydrogen (secondary N) is 1. The van der Waals surface area contributed by atoms with Gasteiger partial charge in [-0.25, -0.2) is 9.07 Å². The van der Waals surface area contributed by atoms with Gasteiger partial charge in [-0.3, -0.25) is 9.59 Å². The van der Waals surface area contributed by atoms with Crippen LogP contribution < -0.4 is 5.32 Å². The maximum absolute atomic E-state index is 14.3. The molecule has 0 radical (unpaired) electrons. The lowest BCUT2D eigenvalue weighted by Crippen LogP contribution is -2.40. The van der Waals surface area contributed by atoms with Gasteiger partial charge in [0.25, 0.3) is 5.91 Å². The van der Waals surface area contributed by atoms with Crippen LogP contribution in [-0.2, 0) is 10.2 Å². The van der Waals surface area contributed by atoms with E-state index in [4.69, 9.17) is 5.10 Å². The number of benzene rings is 2. The molecule has 0 saturated carbocycles. The lowest BCUT2D eigenvalue weighted by molar-refractivity contribution is -0.117. The van der Waals surface area contributed by atoms with Gasteiger partial charge in [0.1, 0.15) is 18.2 Å². The fourth-order valence-electron chi connectivity index (χ4n) is 3.64. The summed E-state index contributed by atoms with van der Waals surface area (Å²) in [5, 5.41) is 7.69. The number of carbonyl (C=O) groups excluding carboxylic acids is 2. The molecule has 0 fully saturated rings. The molecule has 180 valence electrons. The van der Waals surface area contributed by atoms with Gasteiger partial charge in [-0.1, -0.05) is 65.0 Å². The van der Waals surface area contributed by atoms with E-state index >= 15 is 0 Å². The highest BCUT2D eigenvalue weighted by atomic mass is 19.1. The topological polar surface area (TPSA) is 67.2 Å². The highest BCUT2D eigenvalue weighted by molar-refractivity contribution is 5.99. The summed E-state index contributed by atoms with van der Waals surface area (Å²) in [4.78, 5) is 27.5. The van der Waals surface area contributed by atoms with E-state index in [1.807, 2.05) is 51.1 Å². The summed E-state index contributed by atoms with van der Waals surface area (Å²) >= 11 is 0. The molecular formula is C27H33FN4O2. The Morgan fingerprint density at radius 3 is 2.35 bits per heavy atom. The molecular weight excluding hydrogens is 431 g/mol. The summed E-state index contributed by atoms with van der Waals surface area (Å²) in [5.41, 5.74) is 2.42. The second kappa shape index (κ2) is 10.2. The smallest absolute Gasteiger partial charge is 0.257 e. The maximum atomic E-state index is 14.3. The molecule has 2 amide bonds. The van der Waals surface area contributed by atoms with Crippen molar-refractivity contribution in [1.82, 2.24) is 14.7 Å². The predicted molar refractivity (Wildman–Crippen MR) is 133 cm³/mol. The van der Waals surface area contributed by atoms with Crippen LogP contribution in [0.2, 0.25) is 0 Å². The number of anilines is 1. The Morgan fingerprint density at radius 2 is 1.74 bits per heavy atom. The van der Waals surface area contributed by atoms with Crippen molar-refractivity contribution in [3.8, 4) is 5.69 Å². The number of halogens is 1. The number of carbonyl (C=O) groups is 2. The van der Waals surface area contributed by atoms with Gasteiger partial charge in [-0.05, 0) is 36.6 Å². The molecule has 0 bridgehead atoms. The van der Waals surface area contributed by atoms with Crippen LogP contribution in [0.3, 0.4) is 0 Å². The molecule has 7 heteroatoms. The zero-order chi connectivity index (χ0) is 25.0.